The molecule has 3 fully saturated rings. The van der Waals surface area contributed by atoms with Crippen molar-refractivity contribution in [3.63, 3.8) is 0 Å². The predicted octanol–water partition coefficient (Wildman–Crippen LogP) is -4.93. The van der Waals surface area contributed by atoms with E-state index in [2.05, 4.69) is 0 Å². The van der Waals surface area contributed by atoms with Gasteiger partial charge in [0, 0.05) is 11.8 Å². The number of hydrogen-bond donors (Lipinski definition) is 11. The third-order valence-electron chi connectivity index (χ3n) is 9.66. The number of ketones is 1. The van der Waals surface area contributed by atoms with Gasteiger partial charge in [-0.15, -0.1) is 0 Å². The second kappa shape index (κ2) is 16.0. The van der Waals surface area contributed by atoms with Crippen LogP contribution in [0.1, 0.15) is 34.1 Å². The lowest BCUT2D eigenvalue weighted by Crippen LogP contribution is -2.67. The Morgan fingerprint density at radius 1 is 0.755 bits per heavy atom. The molecule has 18 nitrogen and oxygen atoms in total. The maximum Gasteiger partial charge on any atom is 0.187 e. The lowest BCUT2D eigenvalue weighted by atomic mass is 9.64. The molecule has 1 unspecified atom stereocenters. The Labute approximate surface area is 282 Å². The zero-order chi connectivity index (χ0) is 36.6. The molecular weight excluding hydrogens is 660 g/mol. The first-order valence-electron chi connectivity index (χ1n) is 16.1. The van der Waals surface area contributed by atoms with Gasteiger partial charge in [-0.3, -0.25) is 4.79 Å². The molecule has 4 rings (SSSR count). The summed E-state index contributed by atoms with van der Waals surface area (Å²) in [7, 11) is 0. The third-order valence-corrected chi connectivity index (χ3v) is 9.66. The molecule has 3 heterocycles. The van der Waals surface area contributed by atoms with Crippen molar-refractivity contribution in [3.05, 3.63) is 23.8 Å². The summed E-state index contributed by atoms with van der Waals surface area (Å²) in [6.07, 6.45) is -22.5. The minimum atomic E-state index is -1.93. The molecule has 17 atom stereocenters. The minimum Gasteiger partial charge on any atom is -0.394 e. The van der Waals surface area contributed by atoms with Gasteiger partial charge in [0.1, 0.15) is 78.8 Å². The highest BCUT2D eigenvalue weighted by Crippen LogP contribution is 2.44. The van der Waals surface area contributed by atoms with Crippen molar-refractivity contribution in [2.75, 3.05) is 19.8 Å². The Hall–Kier alpha value is -1.53. The maximum atomic E-state index is 12.2. The standard InChI is InChI=1S/C31H50O18/c1-12-7-14(35)8-30(3,4)31(12,43)6-5-13(2)44-29-26(49-28-24(42)22(40)19(37)16(10-33)46-28)25(20(38)17(11-34)47-29)48-27-23(41)21(39)18(36)15(9-32)45-27/h5-7,13,15-29,32-34,36-43H,8-11H2,1-4H3/b6-5+/t13-,15+,16+,17+,18+,19+,20+,21+,22+,23+,24+,25+,26+,27-,28-,29-,31?/m0/s1. The van der Waals surface area contributed by atoms with E-state index in [1.165, 1.54) is 18.2 Å². The van der Waals surface area contributed by atoms with Crippen molar-refractivity contribution in [1.82, 2.24) is 0 Å². The fraction of sp³-hybridized carbons (Fsp3) is 0.839. The van der Waals surface area contributed by atoms with Crippen LogP contribution < -0.4 is 0 Å². The van der Waals surface area contributed by atoms with E-state index in [4.69, 9.17) is 28.4 Å². The Morgan fingerprint density at radius 2 is 1.20 bits per heavy atom. The summed E-state index contributed by atoms with van der Waals surface area (Å²) in [6.45, 7) is 4.19. The Bertz CT molecular complexity index is 1180. The Morgan fingerprint density at radius 3 is 1.67 bits per heavy atom. The van der Waals surface area contributed by atoms with Crippen LogP contribution in [0, 0.1) is 5.41 Å². The monoisotopic (exact) mass is 710 g/mol. The lowest BCUT2D eigenvalue weighted by Gasteiger charge is -2.49. The molecule has 0 bridgehead atoms. The van der Waals surface area contributed by atoms with E-state index in [1.54, 1.807) is 27.7 Å². The van der Waals surface area contributed by atoms with Crippen LogP contribution in [0.4, 0.5) is 0 Å². The summed E-state index contributed by atoms with van der Waals surface area (Å²) >= 11 is 0. The molecule has 0 saturated carbocycles. The van der Waals surface area contributed by atoms with Gasteiger partial charge in [0.2, 0.25) is 0 Å². The molecule has 3 saturated heterocycles. The van der Waals surface area contributed by atoms with Crippen molar-refractivity contribution in [2.24, 2.45) is 5.41 Å². The molecule has 0 amide bonds. The highest BCUT2D eigenvalue weighted by Gasteiger charge is 2.55. The van der Waals surface area contributed by atoms with Crippen LogP contribution in [-0.2, 0) is 33.2 Å². The van der Waals surface area contributed by atoms with Crippen LogP contribution in [0.3, 0.4) is 0 Å². The van der Waals surface area contributed by atoms with Crippen LogP contribution in [0.2, 0.25) is 0 Å². The highest BCUT2D eigenvalue weighted by atomic mass is 16.8. The van der Waals surface area contributed by atoms with Gasteiger partial charge < -0.3 is 84.6 Å². The first-order chi connectivity index (χ1) is 22.9. The van der Waals surface area contributed by atoms with E-state index in [0.29, 0.717) is 5.57 Å². The largest absolute Gasteiger partial charge is 0.394 e. The van der Waals surface area contributed by atoms with Crippen molar-refractivity contribution < 1.29 is 89.4 Å². The molecule has 49 heavy (non-hydrogen) atoms. The summed E-state index contributed by atoms with van der Waals surface area (Å²) in [5.41, 5.74) is -2.06. The van der Waals surface area contributed by atoms with Gasteiger partial charge in [-0.25, -0.2) is 0 Å². The second-order valence-corrected chi connectivity index (χ2v) is 13.6. The second-order valence-electron chi connectivity index (χ2n) is 13.6. The van der Waals surface area contributed by atoms with Gasteiger partial charge in [-0.05, 0) is 31.6 Å². The number of carbonyl (C=O) groups is 1. The SMILES string of the molecule is CC1=CC(=O)CC(C)(C)C1(O)/C=C/[C@H](C)O[C@H]1O[C@H](CO)[C@@H](O)[C@@H](O[C@@H]2O[C@H](CO)[C@@H](O)[C@@H](O)[C@H]2O)[C@H]1O[C@@H]1O[C@H](CO)[C@@H](O)[C@@H](O)[C@H]1O. The summed E-state index contributed by atoms with van der Waals surface area (Å²) in [6, 6.07) is 0. The van der Waals surface area contributed by atoms with E-state index in [-0.39, 0.29) is 12.2 Å². The van der Waals surface area contributed by atoms with Gasteiger partial charge in [-0.2, -0.15) is 0 Å². The Kier molecular flexibility index (Phi) is 13.1. The molecule has 282 valence electrons. The van der Waals surface area contributed by atoms with Gasteiger partial charge in [-0.1, -0.05) is 19.9 Å². The van der Waals surface area contributed by atoms with Crippen LogP contribution in [0.5, 0.6) is 0 Å². The molecule has 0 aromatic rings. The van der Waals surface area contributed by atoms with Gasteiger partial charge in [0.15, 0.2) is 24.7 Å². The number of ether oxygens (including phenoxy) is 6. The van der Waals surface area contributed by atoms with Crippen LogP contribution in [0.25, 0.3) is 0 Å². The van der Waals surface area contributed by atoms with Gasteiger partial charge in [0.05, 0.1) is 25.9 Å². The molecule has 4 aliphatic rings. The summed E-state index contributed by atoms with van der Waals surface area (Å²) in [5, 5.41) is 115. The van der Waals surface area contributed by atoms with Crippen molar-refractivity contribution >= 4 is 5.78 Å². The first-order valence-corrected chi connectivity index (χ1v) is 16.1. The van der Waals surface area contributed by atoms with Crippen LogP contribution >= 0.6 is 0 Å². The Balaban J connectivity index is 1.67. The smallest absolute Gasteiger partial charge is 0.187 e. The normalized spacial score (nSPS) is 46.9. The molecule has 0 aromatic heterocycles. The molecule has 0 spiro atoms. The topological polar surface area (TPSA) is 295 Å². The summed E-state index contributed by atoms with van der Waals surface area (Å²) in [5.74, 6) is -0.146. The number of aliphatic hydroxyl groups is 11. The third kappa shape index (κ3) is 8.11. The average molecular weight is 711 g/mol. The quantitative estimate of drug-likeness (QED) is 0.0896. The van der Waals surface area contributed by atoms with E-state index in [0.717, 1.165) is 0 Å². The zero-order valence-electron chi connectivity index (χ0n) is 27.6. The molecule has 0 radical (unpaired) electrons. The maximum absolute atomic E-state index is 12.2. The summed E-state index contributed by atoms with van der Waals surface area (Å²) in [4.78, 5) is 12.2. The summed E-state index contributed by atoms with van der Waals surface area (Å²) < 4.78 is 34.7. The number of carbonyl (C=O) groups excluding carboxylic acids is 1. The van der Waals surface area contributed by atoms with Gasteiger partial charge in [0.25, 0.3) is 0 Å². The fourth-order valence-electron chi connectivity index (χ4n) is 6.52. The molecule has 3 aliphatic heterocycles. The highest BCUT2D eigenvalue weighted by molar-refractivity contribution is 5.92. The number of aliphatic hydroxyl groups excluding tert-OH is 10. The lowest BCUT2D eigenvalue weighted by molar-refractivity contribution is -0.393. The van der Waals surface area contributed by atoms with E-state index < -0.39 is 129 Å². The van der Waals surface area contributed by atoms with Crippen molar-refractivity contribution in [1.29, 1.82) is 0 Å². The zero-order valence-corrected chi connectivity index (χ0v) is 27.6. The number of rotatable bonds is 11. The van der Waals surface area contributed by atoms with Crippen LogP contribution in [0.15, 0.2) is 23.8 Å². The molecule has 18 heteroatoms. The van der Waals surface area contributed by atoms with Gasteiger partial charge >= 0.3 is 0 Å². The van der Waals surface area contributed by atoms with E-state index >= 15 is 0 Å². The molecule has 0 aromatic carbocycles. The average Bonchev–Trinajstić information content (AvgIpc) is 3.05. The predicted molar refractivity (Wildman–Crippen MR) is 161 cm³/mol. The van der Waals surface area contributed by atoms with Crippen LogP contribution in [-0.4, -0.2) is 186 Å². The van der Waals surface area contributed by atoms with Crippen molar-refractivity contribution in [3.8, 4) is 0 Å². The van der Waals surface area contributed by atoms with E-state index in [1.807, 2.05) is 0 Å². The molecule has 1 aliphatic carbocycles. The minimum absolute atomic E-state index is 0.0637. The molecular formula is C31H50O18. The van der Waals surface area contributed by atoms with Crippen molar-refractivity contribution in [2.45, 2.75) is 138 Å². The number of hydrogen-bond acceptors (Lipinski definition) is 18. The fourth-order valence-corrected chi connectivity index (χ4v) is 6.52. The first kappa shape index (κ1) is 40.2. The van der Waals surface area contributed by atoms with E-state index in [9.17, 15) is 61.0 Å². The molecule has 11 N–H and O–H groups in total. The number of allylic oxidation sites excluding steroid dienone is 1.